The minimum atomic E-state index is -0.993. The van der Waals surface area contributed by atoms with Crippen LogP contribution in [0.15, 0.2) is 72.4 Å². The van der Waals surface area contributed by atoms with Crippen LogP contribution in [0.5, 0.6) is 5.75 Å². The first-order chi connectivity index (χ1) is 15.0. The molecule has 1 aromatic heterocycles. The first kappa shape index (κ1) is 19.0. The fourth-order valence-electron chi connectivity index (χ4n) is 4.03. The lowest BCUT2D eigenvalue weighted by Crippen LogP contribution is -2.29. The van der Waals surface area contributed by atoms with Crippen LogP contribution in [0.1, 0.15) is 22.9 Å². The predicted molar refractivity (Wildman–Crippen MR) is 111 cm³/mol. The number of aromatic nitrogens is 1. The number of amides is 1. The quantitative estimate of drug-likeness (QED) is 0.399. The zero-order valence-corrected chi connectivity index (χ0v) is 16.3. The van der Waals surface area contributed by atoms with E-state index in [-0.39, 0.29) is 17.0 Å². The molecule has 0 bridgehead atoms. The van der Waals surface area contributed by atoms with Gasteiger partial charge in [0, 0.05) is 23.9 Å². The van der Waals surface area contributed by atoms with Crippen LogP contribution < -0.4 is 9.64 Å². The second-order valence-electron chi connectivity index (χ2n) is 7.32. The van der Waals surface area contributed by atoms with Gasteiger partial charge in [-0.2, -0.15) is 0 Å². The number of ketones is 1. The maximum Gasteiger partial charge on any atom is 0.300 e. The molecule has 31 heavy (non-hydrogen) atoms. The molecule has 6 nitrogen and oxygen atoms in total. The van der Waals surface area contributed by atoms with Crippen LogP contribution in [0.3, 0.4) is 0 Å². The number of rotatable bonds is 3. The smallest absolute Gasteiger partial charge is 0.300 e. The molecule has 1 unspecified atom stereocenters. The Bertz CT molecular complexity index is 1240. The normalized spacial score (nSPS) is 19.4. The number of nitrogens with zero attached hydrogens (tertiary/aromatic N) is 2. The van der Waals surface area contributed by atoms with Gasteiger partial charge < -0.3 is 9.84 Å². The van der Waals surface area contributed by atoms with Crippen molar-refractivity contribution < 1.29 is 23.8 Å². The van der Waals surface area contributed by atoms with Gasteiger partial charge in [0.25, 0.3) is 11.7 Å². The highest BCUT2D eigenvalue weighted by Gasteiger charge is 2.47. The molecule has 2 aliphatic rings. The van der Waals surface area contributed by atoms with Crippen molar-refractivity contribution in [3.8, 4) is 5.75 Å². The third kappa shape index (κ3) is 3.15. The molecule has 2 aliphatic heterocycles. The molecule has 1 atom stereocenters. The summed E-state index contributed by atoms with van der Waals surface area (Å²) in [5.74, 6) is -1.82. The summed E-state index contributed by atoms with van der Waals surface area (Å²) in [6.07, 6.45) is 2.23. The van der Waals surface area contributed by atoms with E-state index < -0.39 is 23.5 Å². The third-order valence-corrected chi connectivity index (χ3v) is 5.46. The zero-order valence-electron chi connectivity index (χ0n) is 16.3. The van der Waals surface area contributed by atoms with Crippen molar-refractivity contribution in [2.45, 2.75) is 12.5 Å². The predicted octanol–water partition coefficient (Wildman–Crippen LogP) is 3.78. The van der Waals surface area contributed by atoms with Crippen LogP contribution in [0, 0.1) is 5.82 Å². The van der Waals surface area contributed by atoms with Gasteiger partial charge in [-0.3, -0.25) is 19.5 Å². The Morgan fingerprint density at radius 2 is 1.97 bits per heavy atom. The molecule has 1 amide bonds. The molecule has 7 heteroatoms. The maximum atomic E-state index is 13.9. The van der Waals surface area contributed by atoms with Gasteiger partial charge in [0.1, 0.15) is 23.4 Å². The number of Topliss-reactive ketones (excluding diaryl/α,β-unsaturated/α-hetero) is 1. The largest absolute Gasteiger partial charge is 0.507 e. The Morgan fingerprint density at radius 3 is 2.74 bits per heavy atom. The monoisotopic (exact) mass is 416 g/mol. The van der Waals surface area contributed by atoms with E-state index in [1.807, 2.05) is 0 Å². The molecule has 2 aromatic carbocycles. The average molecular weight is 416 g/mol. The Labute approximate surface area is 177 Å². The summed E-state index contributed by atoms with van der Waals surface area (Å²) in [4.78, 5) is 31.5. The average Bonchev–Trinajstić information content (AvgIpc) is 3.36. The van der Waals surface area contributed by atoms with E-state index >= 15 is 0 Å². The Kier molecular flexibility index (Phi) is 4.51. The number of carbonyl (C=O) groups is 2. The fraction of sp³-hybridized carbons (Fsp3) is 0.125. The summed E-state index contributed by atoms with van der Waals surface area (Å²) < 4.78 is 19.4. The van der Waals surface area contributed by atoms with E-state index in [4.69, 9.17) is 4.74 Å². The van der Waals surface area contributed by atoms with Crippen molar-refractivity contribution in [3.05, 3.63) is 95.1 Å². The summed E-state index contributed by atoms with van der Waals surface area (Å²) in [7, 11) is 0. The molecule has 1 N–H and O–H groups in total. The van der Waals surface area contributed by atoms with Gasteiger partial charge in [-0.1, -0.05) is 12.1 Å². The fourth-order valence-corrected chi connectivity index (χ4v) is 4.03. The number of ether oxygens (including phenoxy) is 1. The highest BCUT2D eigenvalue weighted by molar-refractivity contribution is 6.51. The number of aliphatic hydroxyl groups excluding tert-OH is 1. The Morgan fingerprint density at radius 1 is 1.10 bits per heavy atom. The molecule has 1 fully saturated rings. The summed E-state index contributed by atoms with van der Waals surface area (Å²) >= 11 is 0. The summed E-state index contributed by atoms with van der Waals surface area (Å²) in [6.45, 7) is 0.553. The minimum absolute atomic E-state index is 0.0909. The van der Waals surface area contributed by atoms with Crippen molar-refractivity contribution in [2.75, 3.05) is 11.5 Å². The van der Waals surface area contributed by atoms with Crippen LogP contribution in [-0.2, 0) is 16.0 Å². The highest BCUT2D eigenvalue weighted by Crippen LogP contribution is 2.42. The molecule has 0 aliphatic carbocycles. The number of pyridine rings is 1. The first-order valence-electron chi connectivity index (χ1n) is 9.78. The number of aliphatic hydroxyl groups is 1. The van der Waals surface area contributed by atoms with Crippen LogP contribution in [0.25, 0.3) is 5.76 Å². The molecule has 154 valence electrons. The van der Waals surface area contributed by atoms with Gasteiger partial charge in [0.2, 0.25) is 0 Å². The summed E-state index contributed by atoms with van der Waals surface area (Å²) in [5, 5.41) is 11.1. The van der Waals surface area contributed by atoms with E-state index in [1.165, 1.54) is 35.4 Å². The van der Waals surface area contributed by atoms with Crippen molar-refractivity contribution in [1.82, 2.24) is 4.98 Å². The zero-order chi connectivity index (χ0) is 21.5. The Balaban J connectivity index is 1.70. The number of benzene rings is 2. The third-order valence-electron chi connectivity index (χ3n) is 5.46. The molecular weight excluding hydrogens is 399 g/mol. The lowest BCUT2D eigenvalue weighted by molar-refractivity contribution is -0.132. The van der Waals surface area contributed by atoms with Crippen molar-refractivity contribution >= 4 is 23.1 Å². The van der Waals surface area contributed by atoms with Gasteiger partial charge in [-0.05, 0) is 54.1 Å². The molecule has 0 saturated carbocycles. The molecule has 3 heterocycles. The van der Waals surface area contributed by atoms with Crippen molar-refractivity contribution in [3.63, 3.8) is 0 Å². The van der Waals surface area contributed by atoms with Crippen molar-refractivity contribution in [2.24, 2.45) is 0 Å². The molecule has 0 spiro atoms. The Hall–Kier alpha value is -4.00. The van der Waals surface area contributed by atoms with Crippen LogP contribution in [0.2, 0.25) is 0 Å². The van der Waals surface area contributed by atoms with E-state index in [0.29, 0.717) is 24.3 Å². The van der Waals surface area contributed by atoms with Crippen LogP contribution in [0.4, 0.5) is 10.1 Å². The van der Waals surface area contributed by atoms with Gasteiger partial charge in [0.05, 0.1) is 17.9 Å². The van der Waals surface area contributed by atoms with Crippen LogP contribution >= 0.6 is 0 Å². The number of anilines is 1. The van der Waals surface area contributed by atoms with E-state index in [1.54, 1.807) is 36.4 Å². The van der Waals surface area contributed by atoms with Gasteiger partial charge in [0.15, 0.2) is 0 Å². The second kappa shape index (κ2) is 7.36. The molecule has 0 radical (unpaired) electrons. The number of carbonyl (C=O) groups excluding carboxylic acids is 2. The minimum Gasteiger partial charge on any atom is -0.507 e. The van der Waals surface area contributed by atoms with Gasteiger partial charge in [-0.25, -0.2) is 4.39 Å². The van der Waals surface area contributed by atoms with Crippen LogP contribution in [-0.4, -0.2) is 28.4 Å². The molecule has 5 rings (SSSR count). The van der Waals surface area contributed by atoms with Gasteiger partial charge in [-0.15, -0.1) is 0 Å². The number of fused-ring (bicyclic) bond motifs is 1. The maximum absolute atomic E-state index is 13.9. The standard InChI is InChI=1S/C24H17FN2O4/c25-16-4-3-5-17(13-16)27-21(18-6-1-2-10-26-18)20(23(29)24(27)30)22(28)15-7-8-19-14(12-15)9-11-31-19/h1-8,10,12-13,21,28H,9,11H2/b22-20-. The molecule has 1 saturated heterocycles. The number of hydrogen-bond acceptors (Lipinski definition) is 5. The SMILES string of the molecule is O=C1C(=O)N(c2cccc(F)c2)C(c2ccccn2)/C1=C(/O)c1ccc2c(c1)CCO2. The summed E-state index contributed by atoms with van der Waals surface area (Å²) in [6, 6.07) is 14.6. The van der Waals surface area contributed by atoms with E-state index in [0.717, 1.165) is 11.3 Å². The number of halogens is 1. The summed E-state index contributed by atoms with van der Waals surface area (Å²) in [5.41, 5.74) is 1.82. The topological polar surface area (TPSA) is 79.7 Å². The van der Waals surface area contributed by atoms with Crippen molar-refractivity contribution in [1.29, 1.82) is 0 Å². The number of hydrogen-bond donors (Lipinski definition) is 1. The lowest BCUT2D eigenvalue weighted by Gasteiger charge is -2.24. The first-order valence-corrected chi connectivity index (χ1v) is 9.78. The lowest BCUT2D eigenvalue weighted by atomic mass is 9.97. The molecular formula is C24H17FN2O4. The second-order valence-corrected chi connectivity index (χ2v) is 7.32. The van der Waals surface area contributed by atoms with Gasteiger partial charge >= 0.3 is 0 Å². The van der Waals surface area contributed by atoms with E-state index in [9.17, 15) is 19.1 Å². The highest BCUT2D eigenvalue weighted by atomic mass is 19.1. The van der Waals surface area contributed by atoms with E-state index in [2.05, 4.69) is 4.98 Å². The molecule has 3 aromatic rings.